The summed E-state index contributed by atoms with van der Waals surface area (Å²) < 4.78 is 33.7. The fourth-order valence-corrected chi connectivity index (χ4v) is 5.19. The topological polar surface area (TPSA) is 146 Å². The van der Waals surface area contributed by atoms with Crippen molar-refractivity contribution in [2.24, 2.45) is 0 Å². The van der Waals surface area contributed by atoms with Gasteiger partial charge in [0.05, 0.1) is 27.7 Å². The molecular weight excluding hydrogens is 589 g/mol. The normalized spacial score (nSPS) is 13.8. The Kier molecular flexibility index (Phi) is 25.8. The van der Waals surface area contributed by atoms with Gasteiger partial charge in [0.25, 0.3) is 0 Å². The zero-order chi connectivity index (χ0) is 33.1. The van der Waals surface area contributed by atoms with Crippen LogP contribution < -0.4 is 0 Å². The number of carbonyl (C=O) groups excluding carboxylic acids is 2. The summed E-state index contributed by atoms with van der Waals surface area (Å²) in [4.78, 5) is 45.4. The van der Waals surface area contributed by atoms with Gasteiger partial charge in [-0.1, -0.05) is 96.8 Å². The Hall–Kier alpha value is -1.52. The van der Waals surface area contributed by atoms with Crippen molar-refractivity contribution in [1.29, 1.82) is 0 Å². The molecule has 0 aromatic carbocycles. The van der Waals surface area contributed by atoms with Gasteiger partial charge in [-0.3, -0.25) is 23.4 Å². The lowest BCUT2D eigenvalue weighted by Crippen LogP contribution is -2.37. The van der Waals surface area contributed by atoms with E-state index in [0.717, 1.165) is 38.5 Å². The first-order valence-corrected chi connectivity index (χ1v) is 18.3. The van der Waals surface area contributed by atoms with Gasteiger partial charge in [-0.25, -0.2) is 4.57 Å². The number of likely N-dealkylation sites (N-methyl/N-ethyl adjacent to an activating group) is 1. The molecule has 0 aliphatic rings. The van der Waals surface area contributed by atoms with Gasteiger partial charge in [-0.05, 0) is 19.3 Å². The van der Waals surface area contributed by atoms with Crippen molar-refractivity contribution in [3.8, 4) is 0 Å². The Labute approximate surface area is 266 Å². The first kappa shape index (κ1) is 42.5. The number of carbonyl (C=O) groups is 3. The van der Waals surface area contributed by atoms with Crippen molar-refractivity contribution in [3.05, 3.63) is 0 Å². The number of phosphoric acid groups is 1. The molecule has 0 aromatic heterocycles. The van der Waals surface area contributed by atoms with Crippen LogP contribution in [0.25, 0.3) is 0 Å². The average Bonchev–Trinajstić information content (AvgIpc) is 2.93. The molecule has 2 atom stereocenters. The predicted molar refractivity (Wildman–Crippen MR) is 171 cm³/mol. The molecule has 12 heteroatoms. The van der Waals surface area contributed by atoms with Crippen LogP contribution in [-0.4, -0.2) is 86.0 Å². The molecule has 0 rings (SSSR count). The van der Waals surface area contributed by atoms with Crippen molar-refractivity contribution in [2.75, 3.05) is 47.5 Å². The van der Waals surface area contributed by atoms with Gasteiger partial charge in [-0.2, -0.15) is 0 Å². The van der Waals surface area contributed by atoms with Crippen LogP contribution in [0, 0.1) is 0 Å². The number of rotatable bonds is 31. The Balaban J connectivity index is 4.45. The van der Waals surface area contributed by atoms with Crippen LogP contribution in [0.2, 0.25) is 0 Å². The summed E-state index contributed by atoms with van der Waals surface area (Å²) in [6, 6.07) is 0. The lowest BCUT2D eigenvalue weighted by molar-refractivity contribution is -0.870. The van der Waals surface area contributed by atoms with E-state index in [1.165, 1.54) is 57.8 Å². The van der Waals surface area contributed by atoms with Crippen molar-refractivity contribution < 1.29 is 52.0 Å². The number of unbranched alkanes of at least 4 members (excludes halogenated alkanes) is 15. The Morgan fingerprint density at radius 2 is 1.11 bits per heavy atom. The SMILES string of the molecule is CCCCCCCCCCCCCCC(=O)OC[C@H](COP(=O)(O)OCC[N+](C)(C)C)OC(=O)CCCCCCCC(=O)O. The van der Waals surface area contributed by atoms with Crippen LogP contribution in [0.5, 0.6) is 0 Å². The number of hydrogen-bond donors (Lipinski definition) is 2. The maximum absolute atomic E-state index is 12.4. The summed E-state index contributed by atoms with van der Waals surface area (Å²) in [7, 11) is 1.37. The summed E-state index contributed by atoms with van der Waals surface area (Å²) in [6.07, 6.45) is 17.3. The molecule has 44 heavy (non-hydrogen) atoms. The van der Waals surface area contributed by atoms with E-state index in [0.29, 0.717) is 23.9 Å². The second-order valence-electron chi connectivity index (χ2n) is 12.7. The second-order valence-corrected chi connectivity index (χ2v) is 14.2. The van der Waals surface area contributed by atoms with Gasteiger partial charge in [0, 0.05) is 19.3 Å². The lowest BCUT2D eigenvalue weighted by Gasteiger charge is -2.24. The minimum absolute atomic E-state index is 0.00221. The number of carboxylic acids is 1. The number of quaternary nitrogens is 1. The van der Waals surface area contributed by atoms with E-state index in [1.807, 2.05) is 21.1 Å². The zero-order valence-electron chi connectivity index (χ0n) is 28.1. The minimum Gasteiger partial charge on any atom is -0.481 e. The van der Waals surface area contributed by atoms with E-state index >= 15 is 0 Å². The van der Waals surface area contributed by atoms with Crippen LogP contribution in [0.1, 0.15) is 135 Å². The number of hydrogen-bond acceptors (Lipinski definition) is 8. The average molecular weight is 653 g/mol. The standard InChI is InChI=1S/C32H62NO10P/c1-5-6-7-8-9-10-11-12-13-14-17-20-23-31(36)40-27-29(28-42-44(38,39)41-26-25-33(2,3)4)43-32(37)24-21-18-15-16-19-22-30(34)35/h29H,5-28H2,1-4H3,(H-,34,35,38,39)/p+1/t29-/m1/s1. The predicted octanol–water partition coefficient (Wildman–Crippen LogP) is 7.19. The molecule has 0 aromatic rings. The smallest absolute Gasteiger partial charge is 0.472 e. The number of ether oxygens (including phenoxy) is 2. The van der Waals surface area contributed by atoms with Crippen LogP contribution in [0.15, 0.2) is 0 Å². The number of phosphoric ester groups is 1. The molecule has 0 saturated heterocycles. The monoisotopic (exact) mass is 652 g/mol. The van der Waals surface area contributed by atoms with Crippen LogP contribution in [-0.2, 0) is 37.5 Å². The van der Waals surface area contributed by atoms with Crippen LogP contribution >= 0.6 is 7.82 Å². The van der Waals surface area contributed by atoms with E-state index < -0.39 is 38.4 Å². The third-order valence-electron chi connectivity index (χ3n) is 7.17. The molecule has 0 heterocycles. The lowest BCUT2D eigenvalue weighted by atomic mass is 10.0. The molecule has 11 nitrogen and oxygen atoms in total. The highest BCUT2D eigenvalue weighted by Gasteiger charge is 2.27. The Morgan fingerprint density at radius 1 is 0.659 bits per heavy atom. The Morgan fingerprint density at radius 3 is 1.59 bits per heavy atom. The number of nitrogens with zero attached hydrogens (tertiary/aromatic N) is 1. The van der Waals surface area contributed by atoms with E-state index in [2.05, 4.69) is 6.92 Å². The number of carboxylic acid groups (broad SMARTS) is 1. The van der Waals surface area contributed by atoms with Gasteiger partial charge in [-0.15, -0.1) is 0 Å². The van der Waals surface area contributed by atoms with Crippen molar-refractivity contribution in [1.82, 2.24) is 0 Å². The number of aliphatic carboxylic acids is 1. The van der Waals surface area contributed by atoms with E-state index in [9.17, 15) is 23.8 Å². The zero-order valence-corrected chi connectivity index (χ0v) is 29.0. The molecule has 0 fully saturated rings. The molecule has 0 saturated carbocycles. The first-order valence-electron chi connectivity index (χ1n) is 16.8. The fourth-order valence-electron chi connectivity index (χ4n) is 4.45. The molecule has 0 spiro atoms. The summed E-state index contributed by atoms with van der Waals surface area (Å²) in [5, 5.41) is 8.70. The van der Waals surface area contributed by atoms with Gasteiger partial charge in [0.2, 0.25) is 0 Å². The van der Waals surface area contributed by atoms with E-state index in [-0.39, 0.29) is 32.5 Å². The van der Waals surface area contributed by atoms with E-state index in [1.54, 1.807) is 0 Å². The summed E-state index contributed by atoms with van der Waals surface area (Å²) in [5.74, 6) is -1.76. The summed E-state index contributed by atoms with van der Waals surface area (Å²) in [5.41, 5.74) is 0. The quantitative estimate of drug-likeness (QED) is 0.0342. The van der Waals surface area contributed by atoms with Crippen molar-refractivity contribution in [3.63, 3.8) is 0 Å². The minimum atomic E-state index is -4.39. The summed E-state index contributed by atoms with van der Waals surface area (Å²) in [6.45, 7) is 1.98. The van der Waals surface area contributed by atoms with Gasteiger partial charge in [0.15, 0.2) is 6.10 Å². The third kappa shape index (κ3) is 30.5. The van der Waals surface area contributed by atoms with Gasteiger partial charge in [0.1, 0.15) is 19.8 Å². The third-order valence-corrected chi connectivity index (χ3v) is 8.16. The molecule has 0 amide bonds. The summed E-state index contributed by atoms with van der Waals surface area (Å²) >= 11 is 0. The van der Waals surface area contributed by atoms with Gasteiger partial charge >= 0.3 is 25.7 Å². The highest BCUT2D eigenvalue weighted by Crippen LogP contribution is 2.43. The Bertz CT molecular complexity index is 802. The van der Waals surface area contributed by atoms with Crippen molar-refractivity contribution in [2.45, 2.75) is 141 Å². The highest BCUT2D eigenvalue weighted by molar-refractivity contribution is 7.47. The van der Waals surface area contributed by atoms with Crippen LogP contribution in [0.4, 0.5) is 0 Å². The molecule has 0 radical (unpaired) electrons. The highest BCUT2D eigenvalue weighted by atomic mass is 31.2. The molecule has 1 unspecified atom stereocenters. The maximum atomic E-state index is 12.4. The molecule has 0 bridgehead atoms. The first-order chi connectivity index (χ1) is 20.8. The fraction of sp³-hybridized carbons (Fsp3) is 0.906. The largest absolute Gasteiger partial charge is 0.481 e. The molecular formula is C32H63NO10P+. The molecule has 0 aliphatic heterocycles. The maximum Gasteiger partial charge on any atom is 0.472 e. The molecule has 2 N–H and O–H groups in total. The molecule has 260 valence electrons. The van der Waals surface area contributed by atoms with Crippen molar-refractivity contribution >= 4 is 25.7 Å². The van der Waals surface area contributed by atoms with Crippen LogP contribution in [0.3, 0.4) is 0 Å². The van der Waals surface area contributed by atoms with Gasteiger partial charge < -0.3 is 24.0 Å². The second kappa shape index (κ2) is 26.7. The number of esters is 2. The molecule has 0 aliphatic carbocycles. The van der Waals surface area contributed by atoms with E-state index in [4.69, 9.17) is 23.6 Å².